The van der Waals surface area contributed by atoms with Gasteiger partial charge in [0.05, 0.1) is 24.0 Å². The number of nitrogens with zero attached hydrogens (tertiary/aromatic N) is 1. The Morgan fingerprint density at radius 1 is 1.48 bits per heavy atom. The molecule has 0 spiro atoms. The zero-order chi connectivity index (χ0) is 18.0. The molecule has 0 bridgehead atoms. The third-order valence-corrected chi connectivity index (χ3v) is 6.43. The van der Waals surface area contributed by atoms with E-state index < -0.39 is 11.3 Å². The molecule has 0 N–H and O–H groups in total. The van der Waals surface area contributed by atoms with Gasteiger partial charge in [0.15, 0.2) is 0 Å². The minimum Gasteiger partial charge on any atom is -0.465 e. The molecule has 130 valence electrons. The van der Waals surface area contributed by atoms with Crippen LogP contribution in [0.25, 0.3) is 0 Å². The molecule has 0 rings (SSSR count). The molecule has 0 radical (unpaired) electrons. The number of thiocarbonyl (C=S) groups is 1. The summed E-state index contributed by atoms with van der Waals surface area (Å²) in [5.41, 5.74) is 0.270. The fraction of sp³-hybridized carbons (Fsp3) is 0.706. The van der Waals surface area contributed by atoms with Crippen molar-refractivity contribution < 1.29 is 9.53 Å². The molecular formula is C17H27NO2S3. The van der Waals surface area contributed by atoms with Crippen LogP contribution in [0.4, 0.5) is 0 Å². The van der Waals surface area contributed by atoms with Crippen molar-refractivity contribution >= 4 is 45.2 Å². The van der Waals surface area contributed by atoms with Gasteiger partial charge in [-0.3, -0.25) is 4.79 Å². The molecule has 3 nitrogen and oxygen atoms in total. The Morgan fingerprint density at radius 3 is 2.57 bits per heavy atom. The first-order valence-corrected chi connectivity index (χ1v) is 10.2. The smallest absolute Gasteiger partial charge is 0.313 e. The van der Waals surface area contributed by atoms with Gasteiger partial charge in [-0.05, 0) is 33.4 Å². The predicted octanol–water partition coefficient (Wildman–Crippen LogP) is 5.21. The van der Waals surface area contributed by atoms with Crippen LogP contribution in [0.15, 0.2) is 11.6 Å². The van der Waals surface area contributed by atoms with Crippen molar-refractivity contribution in [1.82, 2.24) is 0 Å². The maximum atomic E-state index is 12.5. The normalized spacial score (nSPS) is 14.7. The summed E-state index contributed by atoms with van der Waals surface area (Å²) in [5, 5.41) is 9.24. The maximum Gasteiger partial charge on any atom is 0.313 e. The molecule has 0 aliphatic carbocycles. The number of thioether (sulfide) groups is 2. The molecule has 0 aromatic carbocycles. The van der Waals surface area contributed by atoms with Crippen molar-refractivity contribution in [3.05, 3.63) is 11.6 Å². The van der Waals surface area contributed by atoms with Gasteiger partial charge in [-0.25, -0.2) is 0 Å². The summed E-state index contributed by atoms with van der Waals surface area (Å²) in [6.07, 6.45) is 5.64. The molecule has 0 aliphatic heterocycles. The van der Waals surface area contributed by atoms with Crippen molar-refractivity contribution in [2.45, 2.75) is 52.7 Å². The molecule has 0 saturated heterocycles. The standard InChI is InChI=1S/C17H27NO2S3/c1-7-8-9-20-15(19)14(13(3)23-16(21)22-6)10-12(2)17(4,5)11-18/h10,13-14H,7-9H2,1-6H3/b12-10+. The summed E-state index contributed by atoms with van der Waals surface area (Å²) in [4.78, 5) is 12.5. The number of carbonyl (C=O) groups excluding carboxylic acids is 1. The highest BCUT2D eigenvalue weighted by Gasteiger charge is 2.29. The van der Waals surface area contributed by atoms with Crippen LogP contribution in [0.3, 0.4) is 0 Å². The van der Waals surface area contributed by atoms with E-state index in [4.69, 9.17) is 17.0 Å². The quantitative estimate of drug-likeness (QED) is 0.252. The van der Waals surface area contributed by atoms with E-state index in [1.165, 1.54) is 23.5 Å². The molecular weight excluding hydrogens is 346 g/mol. The summed E-state index contributed by atoms with van der Waals surface area (Å²) in [7, 11) is 0. The van der Waals surface area contributed by atoms with Gasteiger partial charge in [0, 0.05) is 5.25 Å². The second kappa shape index (κ2) is 11.1. The number of rotatable bonds is 8. The van der Waals surface area contributed by atoms with Crippen LogP contribution < -0.4 is 0 Å². The number of carbonyl (C=O) groups is 1. The van der Waals surface area contributed by atoms with E-state index in [1.54, 1.807) is 0 Å². The first-order valence-electron chi connectivity index (χ1n) is 7.71. The third-order valence-electron chi connectivity index (χ3n) is 3.66. The summed E-state index contributed by atoms with van der Waals surface area (Å²) < 4.78 is 6.20. The second-order valence-corrected chi connectivity index (χ2v) is 9.30. The van der Waals surface area contributed by atoms with Gasteiger partial charge in [0.25, 0.3) is 0 Å². The summed E-state index contributed by atoms with van der Waals surface area (Å²) in [6, 6.07) is 2.27. The highest BCUT2D eigenvalue weighted by atomic mass is 32.2. The molecule has 2 atom stereocenters. The molecule has 0 aliphatic rings. The maximum absolute atomic E-state index is 12.5. The van der Waals surface area contributed by atoms with Crippen LogP contribution in [-0.2, 0) is 9.53 Å². The van der Waals surface area contributed by atoms with Crippen molar-refractivity contribution in [2.24, 2.45) is 11.3 Å². The Kier molecular flexibility index (Phi) is 10.9. The van der Waals surface area contributed by atoms with Crippen molar-refractivity contribution in [3.8, 4) is 6.07 Å². The van der Waals surface area contributed by atoms with Gasteiger partial charge in [0.2, 0.25) is 0 Å². The Hall–Kier alpha value is -0.510. The van der Waals surface area contributed by atoms with E-state index in [1.807, 2.05) is 40.0 Å². The van der Waals surface area contributed by atoms with Gasteiger partial charge in [-0.2, -0.15) is 5.26 Å². The van der Waals surface area contributed by atoms with Crippen LogP contribution in [0.5, 0.6) is 0 Å². The molecule has 2 unspecified atom stereocenters. The molecule has 0 amide bonds. The molecule has 0 fully saturated rings. The monoisotopic (exact) mass is 373 g/mol. The lowest BCUT2D eigenvalue weighted by atomic mass is 9.84. The Balaban J connectivity index is 5.29. The lowest BCUT2D eigenvalue weighted by Crippen LogP contribution is -2.27. The topological polar surface area (TPSA) is 50.1 Å². The minimum atomic E-state index is -0.605. The van der Waals surface area contributed by atoms with Crippen LogP contribution in [0, 0.1) is 22.7 Å². The van der Waals surface area contributed by atoms with E-state index in [-0.39, 0.29) is 11.2 Å². The van der Waals surface area contributed by atoms with Crippen molar-refractivity contribution in [2.75, 3.05) is 12.9 Å². The van der Waals surface area contributed by atoms with E-state index in [0.29, 0.717) is 6.61 Å². The molecule has 6 heteroatoms. The van der Waals surface area contributed by atoms with Crippen LogP contribution in [0.2, 0.25) is 0 Å². The highest BCUT2D eigenvalue weighted by molar-refractivity contribution is 8.47. The molecule has 0 heterocycles. The average molecular weight is 374 g/mol. The second-order valence-electron chi connectivity index (χ2n) is 5.91. The highest BCUT2D eigenvalue weighted by Crippen LogP contribution is 2.31. The van der Waals surface area contributed by atoms with Crippen molar-refractivity contribution in [3.63, 3.8) is 0 Å². The van der Waals surface area contributed by atoms with Crippen LogP contribution in [-0.4, -0.2) is 27.6 Å². The summed E-state index contributed by atoms with van der Waals surface area (Å²) in [5.74, 6) is -0.648. The molecule has 0 saturated carbocycles. The zero-order valence-corrected chi connectivity index (χ0v) is 17.3. The molecule has 23 heavy (non-hydrogen) atoms. The van der Waals surface area contributed by atoms with E-state index in [0.717, 1.165) is 21.9 Å². The van der Waals surface area contributed by atoms with E-state index >= 15 is 0 Å². The van der Waals surface area contributed by atoms with E-state index in [9.17, 15) is 10.1 Å². The largest absolute Gasteiger partial charge is 0.465 e. The Bertz CT molecular complexity index is 481. The third kappa shape index (κ3) is 8.23. The van der Waals surface area contributed by atoms with Crippen LogP contribution >= 0.6 is 35.7 Å². The average Bonchev–Trinajstić information content (AvgIpc) is 2.51. The van der Waals surface area contributed by atoms with Gasteiger partial charge < -0.3 is 4.74 Å². The number of allylic oxidation sites excluding steroid dienone is 1. The number of nitriles is 1. The van der Waals surface area contributed by atoms with Gasteiger partial charge in [-0.1, -0.05) is 44.1 Å². The number of hydrogen-bond donors (Lipinski definition) is 0. The zero-order valence-electron chi connectivity index (χ0n) is 14.8. The Labute approximate surface area is 154 Å². The summed E-state index contributed by atoms with van der Waals surface area (Å²) >= 11 is 8.26. The van der Waals surface area contributed by atoms with Gasteiger partial charge >= 0.3 is 5.97 Å². The lowest BCUT2D eigenvalue weighted by Gasteiger charge is -2.23. The number of hydrogen-bond acceptors (Lipinski definition) is 6. The first kappa shape index (κ1) is 22.5. The predicted molar refractivity (Wildman–Crippen MR) is 106 cm³/mol. The minimum absolute atomic E-state index is 0.0338. The van der Waals surface area contributed by atoms with Gasteiger partial charge in [-0.15, -0.1) is 23.5 Å². The molecule has 0 aromatic rings. The lowest BCUT2D eigenvalue weighted by molar-refractivity contribution is -0.146. The van der Waals surface area contributed by atoms with Gasteiger partial charge in [0.1, 0.15) is 3.53 Å². The number of esters is 1. The van der Waals surface area contributed by atoms with E-state index in [2.05, 4.69) is 13.0 Å². The fourth-order valence-electron chi connectivity index (χ4n) is 1.65. The molecule has 0 aromatic heterocycles. The fourth-order valence-corrected chi connectivity index (χ4v) is 3.58. The Morgan fingerprint density at radius 2 is 2.09 bits per heavy atom. The summed E-state index contributed by atoms with van der Waals surface area (Å²) in [6.45, 7) is 10.1. The SMILES string of the molecule is CCCCOC(=O)C(/C=C(\C)C(C)(C)C#N)C(C)SC(=S)SC. The van der Waals surface area contributed by atoms with Crippen molar-refractivity contribution in [1.29, 1.82) is 5.26 Å². The number of ether oxygens (including phenoxy) is 1. The first-order chi connectivity index (χ1) is 10.7. The number of unbranched alkanes of at least 4 members (excludes halogenated alkanes) is 1. The van der Waals surface area contributed by atoms with Crippen LogP contribution in [0.1, 0.15) is 47.5 Å².